The van der Waals surface area contributed by atoms with E-state index < -0.39 is 11.2 Å². The fraction of sp³-hybridized carbons (Fsp3) is 0.250. The minimum absolute atomic E-state index is 0.109. The van der Waals surface area contributed by atoms with E-state index >= 15 is 0 Å². The summed E-state index contributed by atoms with van der Waals surface area (Å²) < 4.78 is 20.4. The lowest BCUT2D eigenvalue weighted by atomic mass is 9.95. The van der Waals surface area contributed by atoms with Gasteiger partial charge in [-0.3, -0.25) is 19.9 Å². The van der Waals surface area contributed by atoms with Crippen molar-refractivity contribution in [3.8, 4) is 39.7 Å². The molecular weight excluding hydrogens is 561 g/mol. The first-order valence-corrected chi connectivity index (χ1v) is 14.1. The lowest BCUT2D eigenvalue weighted by Gasteiger charge is -2.17. The van der Waals surface area contributed by atoms with Gasteiger partial charge in [0.15, 0.2) is 11.5 Å². The van der Waals surface area contributed by atoms with Crippen LogP contribution in [0.3, 0.4) is 0 Å². The van der Waals surface area contributed by atoms with Gasteiger partial charge in [-0.05, 0) is 50.0 Å². The standard InChI is InChI=1S/C32H32FN9O2/c1-32(2,3)31(43)36-21-11-19(14-34-15-21)24-6-7-25-28(37-24)29(41-40-25)30-38-26-17-35-16-23(27(26)39-30)18-10-20(33)13-22(12-18)44-9-8-42(4)5/h6-7,10-17H,8-9H2,1-5H3,(H,36,43)(H,38,39)(H,40,41). The molecule has 0 fully saturated rings. The van der Waals surface area contributed by atoms with Crippen molar-refractivity contribution < 1.29 is 13.9 Å². The number of anilines is 1. The van der Waals surface area contributed by atoms with Crippen LogP contribution in [0.25, 0.3) is 56.0 Å². The Morgan fingerprint density at radius 2 is 1.77 bits per heavy atom. The Morgan fingerprint density at radius 3 is 2.57 bits per heavy atom. The van der Waals surface area contributed by atoms with E-state index in [0.717, 1.165) is 11.1 Å². The third kappa shape index (κ3) is 5.97. The van der Waals surface area contributed by atoms with E-state index in [-0.39, 0.29) is 5.91 Å². The molecule has 0 unspecified atom stereocenters. The molecule has 11 nitrogen and oxygen atoms in total. The molecule has 0 radical (unpaired) electrons. The van der Waals surface area contributed by atoms with Crippen molar-refractivity contribution in [2.45, 2.75) is 20.8 Å². The van der Waals surface area contributed by atoms with Gasteiger partial charge in [-0.25, -0.2) is 14.4 Å². The number of benzene rings is 1. The van der Waals surface area contributed by atoms with Crippen LogP contribution in [0.4, 0.5) is 10.1 Å². The number of rotatable bonds is 8. The summed E-state index contributed by atoms with van der Waals surface area (Å²) in [7, 11) is 3.90. The number of pyridine rings is 3. The van der Waals surface area contributed by atoms with E-state index in [2.05, 4.69) is 30.5 Å². The van der Waals surface area contributed by atoms with E-state index in [9.17, 15) is 9.18 Å². The molecule has 0 bridgehead atoms. The number of nitrogens with zero attached hydrogens (tertiary/aromatic N) is 6. The molecule has 0 aliphatic heterocycles. The van der Waals surface area contributed by atoms with E-state index in [1.165, 1.54) is 12.1 Å². The van der Waals surface area contributed by atoms with E-state index in [1.807, 2.05) is 58.0 Å². The average molecular weight is 594 g/mol. The Kier molecular flexibility index (Phi) is 7.52. The van der Waals surface area contributed by atoms with Crippen LogP contribution in [0.1, 0.15) is 20.8 Å². The van der Waals surface area contributed by atoms with Gasteiger partial charge in [-0.2, -0.15) is 5.10 Å². The maximum atomic E-state index is 14.6. The SMILES string of the molecule is CN(C)CCOc1cc(F)cc(-c2cncc3[nH]c(-c4n[nH]c5ccc(-c6cncc(NC(=O)C(C)(C)C)c6)nc45)nc23)c1. The van der Waals surface area contributed by atoms with Crippen LogP contribution in [0.15, 0.2) is 61.2 Å². The summed E-state index contributed by atoms with van der Waals surface area (Å²) in [6.07, 6.45) is 6.62. The zero-order chi connectivity index (χ0) is 31.0. The van der Waals surface area contributed by atoms with Crippen LogP contribution in [-0.4, -0.2) is 73.2 Å². The molecule has 0 spiro atoms. The summed E-state index contributed by atoms with van der Waals surface area (Å²) in [5.41, 5.74) is 5.77. The first-order valence-electron chi connectivity index (χ1n) is 14.1. The van der Waals surface area contributed by atoms with Gasteiger partial charge in [0.2, 0.25) is 5.91 Å². The maximum Gasteiger partial charge on any atom is 0.229 e. The summed E-state index contributed by atoms with van der Waals surface area (Å²) in [5, 5.41) is 10.4. The molecule has 0 aliphatic carbocycles. The minimum Gasteiger partial charge on any atom is -0.492 e. The highest BCUT2D eigenvalue weighted by Gasteiger charge is 2.22. The second-order valence-electron chi connectivity index (χ2n) is 11.8. The van der Waals surface area contributed by atoms with Crippen LogP contribution in [-0.2, 0) is 4.79 Å². The Labute approximate surface area is 252 Å². The van der Waals surface area contributed by atoms with Gasteiger partial charge in [0, 0.05) is 41.5 Å². The van der Waals surface area contributed by atoms with Gasteiger partial charge in [-0.1, -0.05) is 20.8 Å². The van der Waals surface area contributed by atoms with Crippen LogP contribution < -0.4 is 10.1 Å². The lowest BCUT2D eigenvalue weighted by Crippen LogP contribution is -2.27. The Balaban J connectivity index is 1.35. The fourth-order valence-corrected chi connectivity index (χ4v) is 4.60. The average Bonchev–Trinajstić information content (AvgIpc) is 3.60. The number of aromatic amines is 2. The van der Waals surface area contributed by atoms with Crippen LogP contribution >= 0.6 is 0 Å². The van der Waals surface area contributed by atoms with Crippen molar-refractivity contribution in [1.29, 1.82) is 0 Å². The van der Waals surface area contributed by atoms with Crippen molar-refractivity contribution in [1.82, 2.24) is 40.0 Å². The molecular formula is C32H32FN9O2. The number of halogens is 1. The molecule has 6 rings (SSSR count). The highest BCUT2D eigenvalue weighted by Crippen LogP contribution is 2.33. The molecule has 0 saturated carbocycles. The highest BCUT2D eigenvalue weighted by atomic mass is 19.1. The van der Waals surface area contributed by atoms with Crippen LogP contribution in [0.5, 0.6) is 5.75 Å². The zero-order valence-electron chi connectivity index (χ0n) is 25.1. The molecule has 12 heteroatoms. The maximum absolute atomic E-state index is 14.6. The number of fused-ring (bicyclic) bond motifs is 2. The number of hydrogen-bond acceptors (Lipinski definition) is 8. The summed E-state index contributed by atoms with van der Waals surface area (Å²) in [5.74, 6) is 0.387. The van der Waals surface area contributed by atoms with Crippen molar-refractivity contribution in [3.05, 3.63) is 67.0 Å². The zero-order valence-corrected chi connectivity index (χ0v) is 25.1. The number of imidazole rings is 1. The second kappa shape index (κ2) is 11.5. The van der Waals surface area contributed by atoms with Crippen LogP contribution in [0, 0.1) is 11.2 Å². The monoisotopic (exact) mass is 593 g/mol. The molecule has 6 aromatic rings. The molecule has 44 heavy (non-hydrogen) atoms. The van der Waals surface area contributed by atoms with Crippen molar-refractivity contribution in [2.75, 3.05) is 32.6 Å². The Morgan fingerprint density at radius 1 is 0.955 bits per heavy atom. The molecule has 0 saturated heterocycles. The first-order chi connectivity index (χ1) is 21.0. The number of likely N-dealkylation sites (N-methyl/N-ethyl adjacent to an activating group) is 1. The number of aromatic nitrogens is 7. The summed E-state index contributed by atoms with van der Waals surface area (Å²) in [6, 6.07) is 10.2. The van der Waals surface area contributed by atoms with Gasteiger partial charge in [-0.15, -0.1) is 0 Å². The largest absolute Gasteiger partial charge is 0.492 e. The number of nitrogens with one attached hydrogen (secondary N) is 3. The van der Waals surface area contributed by atoms with Gasteiger partial charge < -0.3 is 19.9 Å². The van der Waals surface area contributed by atoms with Crippen molar-refractivity contribution in [3.63, 3.8) is 0 Å². The molecule has 1 aromatic carbocycles. The Bertz CT molecular complexity index is 1990. The van der Waals surface area contributed by atoms with Crippen molar-refractivity contribution >= 4 is 33.7 Å². The molecule has 5 heterocycles. The molecule has 5 aromatic heterocycles. The topological polar surface area (TPSA) is 138 Å². The molecule has 1 amide bonds. The fourth-order valence-electron chi connectivity index (χ4n) is 4.60. The van der Waals surface area contributed by atoms with Gasteiger partial charge in [0.05, 0.1) is 40.3 Å². The summed E-state index contributed by atoms with van der Waals surface area (Å²) in [4.78, 5) is 36.2. The number of H-pyrrole nitrogens is 2. The van der Waals surface area contributed by atoms with E-state index in [0.29, 0.717) is 69.5 Å². The lowest BCUT2D eigenvalue weighted by molar-refractivity contribution is -0.123. The third-order valence-corrected chi connectivity index (χ3v) is 6.99. The highest BCUT2D eigenvalue weighted by molar-refractivity contribution is 5.97. The van der Waals surface area contributed by atoms with Crippen LogP contribution in [0.2, 0.25) is 0 Å². The summed E-state index contributed by atoms with van der Waals surface area (Å²) >= 11 is 0. The van der Waals surface area contributed by atoms with Gasteiger partial charge >= 0.3 is 0 Å². The quantitative estimate of drug-likeness (QED) is 0.205. The second-order valence-corrected chi connectivity index (χ2v) is 11.8. The van der Waals surface area contributed by atoms with E-state index in [1.54, 1.807) is 30.9 Å². The predicted octanol–water partition coefficient (Wildman–Crippen LogP) is 5.69. The molecule has 0 atom stereocenters. The first kappa shape index (κ1) is 28.9. The number of hydrogen-bond donors (Lipinski definition) is 3. The summed E-state index contributed by atoms with van der Waals surface area (Å²) in [6.45, 7) is 6.69. The Hall–Kier alpha value is -5.23. The number of carbonyl (C=O) groups is 1. The third-order valence-electron chi connectivity index (χ3n) is 6.99. The molecule has 3 N–H and O–H groups in total. The number of amides is 1. The predicted molar refractivity (Wildman–Crippen MR) is 168 cm³/mol. The van der Waals surface area contributed by atoms with Gasteiger partial charge in [0.25, 0.3) is 0 Å². The molecule has 224 valence electrons. The smallest absolute Gasteiger partial charge is 0.229 e. The normalized spacial score (nSPS) is 11.9. The van der Waals surface area contributed by atoms with E-state index in [4.69, 9.17) is 14.7 Å². The number of carbonyl (C=O) groups excluding carboxylic acids is 1. The number of ether oxygens (including phenoxy) is 1. The molecule has 0 aliphatic rings. The van der Waals surface area contributed by atoms with Gasteiger partial charge in [0.1, 0.15) is 23.7 Å². The van der Waals surface area contributed by atoms with Crippen molar-refractivity contribution in [2.24, 2.45) is 5.41 Å². The minimum atomic E-state index is -0.544.